The largest absolute Gasteiger partial charge is 0.486 e. The summed E-state index contributed by atoms with van der Waals surface area (Å²) in [7, 11) is 0. The maximum absolute atomic E-state index is 12.5. The number of hydrogen-bond acceptors (Lipinski definition) is 2. The molecule has 0 aromatic heterocycles. The average Bonchev–Trinajstić information content (AvgIpc) is 2.94. The summed E-state index contributed by atoms with van der Waals surface area (Å²) >= 11 is 0. The number of fused-ring (bicyclic) bond motifs is 1. The van der Waals surface area contributed by atoms with Gasteiger partial charge in [0.25, 0.3) is 0 Å². The van der Waals surface area contributed by atoms with Gasteiger partial charge in [-0.05, 0) is 70.2 Å². The van der Waals surface area contributed by atoms with E-state index in [0.29, 0.717) is 6.42 Å². The Kier molecular flexibility index (Phi) is 5.56. The van der Waals surface area contributed by atoms with E-state index in [9.17, 15) is 4.79 Å². The van der Waals surface area contributed by atoms with Crippen LogP contribution in [0.2, 0.25) is 0 Å². The Bertz CT molecular complexity index is 894. The molecule has 1 unspecified atom stereocenters. The van der Waals surface area contributed by atoms with Gasteiger partial charge in [0.15, 0.2) is 0 Å². The summed E-state index contributed by atoms with van der Waals surface area (Å²) in [5.74, 6) is 1.21. The Hall–Kier alpha value is -2.29. The molecule has 0 spiro atoms. The zero-order chi connectivity index (χ0) is 20.6. The Morgan fingerprint density at radius 3 is 2.29 bits per heavy atom. The van der Waals surface area contributed by atoms with E-state index < -0.39 is 0 Å². The molecule has 0 saturated heterocycles. The van der Waals surface area contributed by atoms with E-state index in [4.69, 9.17) is 4.74 Å². The number of benzene rings is 2. The molecule has 3 rings (SSSR count). The van der Waals surface area contributed by atoms with Crippen LogP contribution in [0.15, 0.2) is 24.3 Å². The van der Waals surface area contributed by atoms with Crippen molar-refractivity contribution < 1.29 is 9.53 Å². The van der Waals surface area contributed by atoms with Gasteiger partial charge in [-0.1, -0.05) is 43.2 Å². The summed E-state index contributed by atoms with van der Waals surface area (Å²) in [6.45, 7) is 14.8. The Balaban J connectivity index is 2.12. The smallest absolute Gasteiger partial charge is 0.224 e. The fourth-order valence-electron chi connectivity index (χ4n) is 4.35. The summed E-state index contributed by atoms with van der Waals surface area (Å²) in [4.78, 5) is 12.5. The van der Waals surface area contributed by atoms with E-state index in [1.54, 1.807) is 0 Å². The maximum Gasteiger partial charge on any atom is 0.224 e. The second kappa shape index (κ2) is 7.62. The highest BCUT2D eigenvalue weighted by Crippen LogP contribution is 2.53. The van der Waals surface area contributed by atoms with E-state index in [0.717, 1.165) is 41.0 Å². The first-order chi connectivity index (χ1) is 13.2. The van der Waals surface area contributed by atoms with Crippen molar-refractivity contribution in [2.75, 3.05) is 5.32 Å². The van der Waals surface area contributed by atoms with Crippen molar-refractivity contribution in [1.29, 1.82) is 0 Å². The number of hydrogen-bond donors (Lipinski definition) is 1. The number of ether oxygens (including phenoxy) is 1. The molecule has 0 bridgehead atoms. The third-order valence-electron chi connectivity index (χ3n) is 6.08. The van der Waals surface area contributed by atoms with Gasteiger partial charge in [0.05, 0.1) is 5.92 Å². The molecule has 0 saturated carbocycles. The molecule has 150 valence electrons. The monoisotopic (exact) mass is 379 g/mol. The number of carbonyl (C=O) groups is 1. The number of rotatable bonds is 5. The standard InChI is InChI=1S/C25H33NO2/c1-8-9-10-20(27)26-23-16(3)17(4)24-21(18(23)5)22(25(6,7)28-24)19-13-11-15(2)12-14-19/h11-14,22H,8-10H2,1-7H3,(H,26,27). The van der Waals surface area contributed by atoms with Gasteiger partial charge in [-0.15, -0.1) is 0 Å². The van der Waals surface area contributed by atoms with Crippen LogP contribution in [0.4, 0.5) is 5.69 Å². The lowest BCUT2D eigenvalue weighted by molar-refractivity contribution is -0.116. The van der Waals surface area contributed by atoms with E-state index in [2.05, 4.69) is 78.0 Å². The van der Waals surface area contributed by atoms with Gasteiger partial charge < -0.3 is 10.1 Å². The molecule has 2 aromatic rings. The van der Waals surface area contributed by atoms with Crippen molar-refractivity contribution in [2.45, 2.75) is 79.2 Å². The van der Waals surface area contributed by atoms with Crippen LogP contribution in [0, 0.1) is 27.7 Å². The van der Waals surface area contributed by atoms with Crippen molar-refractivity contribution in [2.24, 2.45) is 0 Å². The lowest BCUT2D eigenvalue weighted by Crippen LogP contribution is -2.31. The first kappa shape index (κ1) is 20.4. The number of amides is 1. The Morgan fingerprint density at radius 1 is 1.04 bits per heavy atom. The molecular formula is C25H33NO2. The topological polar surface area (TPSA) is 38.3 Å². The summed E-state index contributed by atoms with van der Waals surface area (Å²) in [5.41, 5.74) is 7.67. The lowest BCUT2D eigenvalue weighted by atomic mass is 9.78. The van der Waals surface area contributed by atoms with Crippen LogP contribution < -0.4 is 10.1 Å². The van der Waals surface area contributed by atoms with E-state index in [-0.39, 0.29) is 17.4 Å². The Morgan fingerprint density at radius 2 is 1.68 bits per heavy atom. The molecular weight excluding hydrogens is 346 g/mol. The van der Waals surface area contributed by atoms with Gasteiger partial charge in [-0.3, -0.25) is 4.79 Å². The van der Waals surface area contributed by atoms with Crippen LogP contribution in [0.3, 0.4) is 0 Å². The van der Waals surface area contributed by atoms with Crippen molar-refractivity contribution >= 4 is 11.6 Å². The minimum absolute atomic E-state index is 0.0949. The van der Waals surface area contributed by atoms with Crippen LogP contribution in [-0.2, 0) is 4.79 Å². The van der Waals surface area contributed by atoms with Crippen molar-refractivity contribution in [3.8, 4) is 5.75 Å². The second-order valence-corrected chi connectivity index (χ2v) is 8.69. The summed E-state index contributed by atoms with van der Waals surface area (Å²) in [6.07, 6.45) is 2.50. The molecule has 1 aliphatic rings. The predicted octanol–water partition coefficient (Wildman–Crippen LogP) is 6.35. The van der Waals surface area contributed by atoms with Gasteiger partial charge in [-0.25, -0.2) is 0 Å². The SMILES string of the molecule is CCCCC(=O)Nc1c(C)c(C)c2c(c1C)C(c1ccc(C)cc1)C(C)(C)O2. The summed E-state index contributed by atoms with van der Waals surface area (Å²) in [5, 5.41) is 3.20. The molecule has 2 aromatic carbocycles. The van der Waals surface area contributed by atoms with Gasteiger partial charge >= 0.3 is 0 Å². The highest BCUT2D eigenvalue weighted by molar-refractivity contribution is 5.93. The minimum Gasteiger partial charge on any atom is -0.486 e. The third-order valence-corrected chi connectivity index (χ3v) is 6.08. The first-order valence-electron chi connectivity index (χ1n) is 10.4. The van der Waals surface area contributed by atoms with Gasteiger partial charge in [-0.2, -0.15) is 0 Å². The van der Waals surface area contributed by atoms with Gasteiger partial charge in [0.1, 0.15) is 11.4 Å². The van der Waals surface area contributed by atoms with E-state index in [1.807, 2.05) is 0 Å². The van der Waals surface area contributed by atoms with Crippen molar-refractivity contribution in [3.63, 3.8) is 0 Å². The van der Waals surface area contributed by atoms with Crippen LogP contribution in [0.25, 0.3) is 0 Å². The van der Waals surface area contributed by atoms with Gasteiger partial charge in [0, 0.05) is 17.7 Å². The molecule has 3 heteroatoms. The quantitative estimate of drug-likeness (QED) is 0.657. The molecule has 1 N–H and O–H groups in total. The van der Waals surface area contributed by atoms with Crippen LogP contribution in [0.1, 0.15) is 79.3 Å². The molecule has 1 amide bonds. The summed E-state index contributed by atoms with van der Waals surface area (Å²) in [6, 6.07) is 8.73. The number of anilines is 1. The number of aryl methyl sites for hydroxylation is 1. The average molecular weight is 380 g/mol. The lowest BCUT2D eigenvalue weighted by Gasteiger charge is -2.27. The van der Waals surface area contributed by atoms with Crippen LogP contribution >= 0.6 is 0 Å². The molecule has 3 nitrogen and oxygen atoms in total. The summed E-state index contributed by atoms with van der Waals surface area (Å²) < 4.78 is 6.50. The first-order valence-corrected chi connectivity index (χ1v) is 10.4. The van der Waals surface area contributed by atoms with Crippen LogP contribution in [0.5, 0.6) is 5.75 Å². The fraction of sp³-hybridized carbons (Fsp3) is 0.480. The molecule has 0 aliphatic carbocycles. The highest BCUT2D eigenvalue weighted by atomic mass is 16.5. The number of nitrogens with one attached hydrogen (secondary N) is 1. The number of carbonyl (C=O) groups excluding carboxylic acids is 1. The van der Waals surface area contributed by atoms with Crippen molar-refractivity contribution in [1.82, 2.24) is 0 Å². The molecule has 28 heavy (non-hydrogen) atoms. The minimum atomic E-state index is -0.343. The highest BCUT2D eigenvalue weighted by Gasteiger charge is 2.44. The molecule has 0 radical (unpaired) electrons. The molecule has 1 heterocycles. The molecule has 1 aliphatic heterocycles. The van der Waals surface area contributed by atoms with E-state index in [1.165, 1.54) is 16.7 Å². The third kappa shape index (κ3) is 3.55. The number of unbranched alkanes of at least 4 members (excludes halogenated alkanes) is 1. The zero-order valence-electron chi connectivity index (χ0n) is 18.3. The second-order valence-electron chi connectivity index (χ2n) is 8.69. The normalized spacial score (nSPS) is 17.2. The molecule has 0 fully saturated rings. The fourth-order valence-corrected chi connectivity index (χ4v) is 4.35. The predicted molar refractivity (Wildman–Crippen MR) is 117 cm³/mol. The van der Waals surface area contributed by atoms with Crippen molar-refractivity contribution in [3.05, 3.63) is 57.6 Å². The maximum atomic E-state index is 12.5. The van der Waals surface area contributed by atoms with E-state index >= 15 is 0 Å². The van der Waals surface area contributed by atoms with Gasteiger partial charge in [0.2, 0.25) is 5.91 Å². The van der Waals surface area contributed by atoms with Crippen LogP contribution in [-0.4, -0.2) is 11.5 Å². The molecule has 1 atom stereocenters. The Labute approximate surface area is 169 Å². The zero-order valence-corrected chi connectivity index (χ0v) is 18.3.